The number of nitrogens with one attached hydrogen (secondary N) is 1. The zero-order valence-corrected chi connectivity index (χ0v) is 12.7. The molecular weight excluding hydrogens is 365 g/mol. The molecule has 0 saturated carbocycles. The molecule has 0 heterocycles. The van der Waals surface area contributed by atoms with Crippen LogP contribution in [0.2, 0.25) is 0 Å². The number of amides is 1. The summed E-state index contributed by atoms with van der Waals surface area (Å²) in [7, 11) is 0. The van der Waals surface area contributed by atoms with Crippen LogP contribution < -0.4 is 5.32 Å². The number of hydrogen-bond donors (Lipinski definition) is 1. The number of carbonyl (C=O) groups excluding carboxylic acids is 1. The number of rotatable bonds is 3. The molecule has 0 aliphatic heterocycles. The molecule has 18 heavy (non-hydrogen) atoms. The molecule has 1 N–H and O–H groups in total. The van der Waals surface area contributed by atoms with Crippen molar-refractivity contribution >= 4 is 43.5 Å². The molecule has 1 amide bonds. The Bertz CT molecular complexity index is 479. The molecule has 2 nitrogen and oxygen atoms in total. The minimum atomic E-state index is -0.356. The molecule has 0 aromatic heterocycles. The Hall–Kier alpha value is -0.680. The van der Waals surface area contributed by atoms with Gasteiger partial charge in [-0.05, 0) is 62.8 Å². The molecule has 1 aromatic carbocycles. The first-order chi connectivity index (χ1) is 8.56. The van der Waals surface area contributed by atoms with Gasteiger partial charge in [-0.2, -0.15) is 0 Å². The van der Waals surface area contributed by atoms with Gasteiger partial charge in [0.1, 0.15) is 5.82 Å². The molecule has 0 bridgehead atoms. The van der Waals surface area contributed by atoms with Crippen LogP contribution in [-0.4, -0.2) is 5.91 Å². The predicted octanol–water partition coefficient (Wildman–Crippen LogP) is 4.65. The van der Waals surface area contributed by atoms with Gasteiger partial charge in [0.25, 0.3) is 0 Å². The minimum absolute atomic E-state index is 0.0560. The highest BCUT2D eigenvalue weighted by Gasteiger charge is 2.16. The maximum absolute atomic E-state index is 13.1. The number of allylic oxidation sites excluding steroid dienone is 2. The Morgan fingerprint density at radius 1 is 1.39 bits per heavy atom. The quantitative estimate of drug-likeness (QED) is 0.764. The Morgan fingerprint density at radius 2 is 2.06 bits per heavy atom. The standard InChI is InChI=1S/C13H12Br2FNO/c14-10-6-9(16)7-11(15)13(10)17-12(18)5-8-3-1-2-4-8/h1,3,6-8H,2,4-5H2,(H,17,18)/t8-/m1/s1. The lowest BCUT2D eigenvalue weighted by Gasteiger charge is -2.12. The van der Waals surface area contributed by atoms with Crippen molar-refractivity contribution < 1.29 is 9.18 Å². The molecule has 0 saturated heterocycles. The highest BCUT2D eigenvalue weighted by atomic mass is 79.9. The van der Waals surface area contributed by atoms with E-state index >= 15 is 0 Å². The van der Waals surface area contributed by atoms with Gasteiger partial charge in [-0.15, -0.1) is 0 Å². The van der Waals surface area contributed by atoms with E-state index in [4.69, 9.17) is 0 Å². The largest absolute Gasteiger partial charge is 0.324 e. The van der Waals surface area contributed by atoms with Crippen LogP contribution in [0.4, 0.5) is 10.1 Å². The molecule has 0 spiro atoms. The smallest absolute Gasteiger partial charge is 0.225 e. The van der Waals surface area contributed by atoms with Gasteiger partial charge in [0, 0.05) is 15.4 Å². The molecule has 1 atom stereocenters. The maximum atomic E-state index is 13.1. The SMILES string of the molecule is O=C(C[C@@H]1C=CCC1)Nc1c(Br)cc(F)cc1Br. The van der Waals surface area contributed by atoms with E-state index in [2.05, 4.69) is 49.3 Å². The summed E-state index contributed by atoms with van der Waals surface area (Å²) >= 11 is 6.48. The van der Waals surface area contributed by atoms with Gasteiger partial charge in [-0.1, -0.05) is 12.2 Å². The van der Waals surface area contributed by atoms with Crippen molar-refractivity contribution in [2.24, 2.45) is 5.92 Å². The predicted molar refractivity (Wildman–Crippen MR) is 76.9 cm³/mol. The van der Waals surface area contributed by atoms with Crippen LogP contribution in [0.25, 0.3) is 0 Å². The number of carbonyl (C=O) groups is 1. The third kappa shape index (κ3) is 3.42. The van der Waals surface area contributed by atoms with E-state index in [-0.39, 0.29) is 11.7 Å². The van der Waals surface area contributed by atoms with Crippen LogP contribution in [0.1, 0.15) is 19.3 Å². The van der Waals surface area contributed by atoms with Gasteiger partial charge in [0.05, 0.1) is 5.69 Å². The maximum Gasteiger partial charge on any atom is 0.225 e. The number of anilines is 1. The van der Waals surface area contributed by atoms with E-state index in [1.165, 1.54) is 12.1 Å². The number of benzene rings is 1. The van der Waals surface area contributed by atoms with Crippen molar-refractivity contribution in [2.45, 2.75) is 19.3 Å². The molecule has 1 aromatic rings. The van der Waals surface area contributed by atoms with Crippen molar-refractivity contribution in [3.63, 3.8) is 0 Å². The lowest BCUT2D eigenvalue weighted by molar-refractivity contribution is -0.116. The second-order valence-electron chi connectivity index (χ2n) is 4.26. The van der Waals surface area contributed by atoms with E-state index in [9.17, 15) is 9.18 Å². The summed E-state index contributed by atoms with van der Waals surface area (Å²) in [6.07, 6.45) is 6.71. The first-order valence-corrected chi connectivity index (χ1v) is 7.26. The van der Waals surface area contributed by atoms with E-state index in [0.29, 0.717) is 27.0 Å². The van der Waals surface area contributed by atoms with Gasteiger partial charge in [0.2, 0.25) is 5.91 Å². The molecule has 1 aliphatic rings. The zero-order valence-electron chi connectivity index (χ0n) is 9.55. The number of hydrogen-bond acceptors (Lipinski definition) is 1. The molecule has 0 radical (unpaired) electrons. The van der Waals surface area contributed by atoms with Crippen molar-refractivity contribution in [1.82, 2.24) is 0 Å². The summed E-state index contributed by atoms with van der Waals surface area (Å²) in [6.45, 7) is 0. The second kappa shape index (κ2) is 5.97. The average Bonchev–Trinajstić information content (AvgIpc) is 2.76. The summed E-state index contributed by atoms with van der Waals surface area (Å²) in [4.78, 5) is 11.9. The monoisotopic (exact) mass is 375 g/mol. The Kier molecular flexibility index (Phi) is 4.56. The molecule has 0 unspecified atom stereocenters. The number of halogens is 3. The first kappa shape index (κ1) is 13.7. The van der Waals surface area contributed by atoms with Crippen LogP contribution in [0.15, 0.2) is 33.2 Å². The van der Waals surface area contributed by atoms with Crippen molar-refractivity contribution in [3.8, 4) is 0 Å². The molecule has 1 aliphatic carbocycles. The van der Waals surface area contributed by atoms with Gasteiger partial charge >= 0.3 is 0 Å². The summed E-state index contributed by atoms with van der Waals surface area (Å²) in [5, 5.41) is 2.80. The first-order valence-electron chi connectivity index (χ1n) is 5.67. The van der Waals surface area contributed by atoms with Crippen LogP contribution >= 0.6 is 31.9 Å². The zero-order chi connectivity index (χ0) is 13.1. The topological polar surface area (TPSA) is 29.1 Å². The second-order valence-corrected chi connectivity index (χ2v) is 5.97. The van der Waals surface area contributed by atoms with E-state index in [1.807, 2.05) is 0 Å². The minimum Gasteiger partial charge on any atom is -0.324 e. The summed E-state index contributed by atoms with van der Waals surface area (Å²) in [5.74, 6) is -0.0898. The van der Waals surface area contributed by atoms with E-state index < -0.39 is 0 Å². The molecule has 0 fully saturated rings. The van der Waals surface area contributed by atoms with Crippen LogP contribution in [0, 0.1) is 11.7 Å². The fourth-order valence-corrected chi connectivity index (χ4v) is 3.28. The van der Waals surface area contributed by atoms with Crippen molar-refractivity contribution in [3.05, 3.63) is 39.0 Å². The van der Waals surface area contributed by atoms with E-state index in [1.54, 1.807) is 0 Å². The Morgan fingerprint density at radius 3 is 2.61 bits per heavy atom. The Balaban J connectivity index is 2.04. The fourth-order valence-electron chi connectivity index (χ4n) is 1.96. The van der Waals surface area contributed by atoms with Gasteiger partial charge < -0.3 is 5.32 Å². The van der Waals surface area contributed by atoms with Crippen LogP contribution in [-0.2, 0) is 4.79 Å². The molecule has 96 valence electrons. The normalized spacial score (nSPS) is 18.1. The van der Waals surface area contributed by atoms with Gasteiger partial charge in [0.15, 0.2) is 0 Å². The third-order valence-electron chi connectivity index (χ3n) is 2.83. The highest BCUT2D eigenvalue weighted by molar-refractivity contribution is 9.11. The lowest BCUT2D eigenvalue weighted by atomic mass is 10.1. The van der Waals surface area contributed by atoms with E-state index in [0.717, 1.165) is 12.8 Å². The molecule has 5 heteroatoms. The van der Waals surface area contributed by atoms with Crippen LogP contribution in [0.5, 0.6) is 0 Å². The van der Waals surface area contributed by atoms with Crippen LogP contribution in [0.3, 0.4) is 0 Å². The van der Waals surface area contributed by atoms with Gasteiger partial charge in [-0.3, -0.25) is 4.79 Å². The summed E-state index contributed by atoms with van der Waals surface area (Å²) in [6, 6.07) is 2.66. The van der Waals surface area contributed by atoms with Crippen molar-refractivity contribution in [2.75, 3.05) is 5.32 Å². The average molecular weight is 377 g/mol. The summed E-state index contributed by atoms with van der Waals surface area (Å²) in [5.41, 5.74) is 0.573. The molecule has 2 rings (SSSR count). The van der Waals surface area contributed by atoms with Gasteiger partial charge in [-0.25, -0.2) is 4.39 Å². The molecular formula is C13H12Br2FNO. The fraction of sp³-hybridized carbons (Fsp3) is 0.308. The van der Waals surface area contributed by atoms with Crippen molar-refractivity contribution in [1.29, 1.82) is 0 Å². The highest BCUT2D eigenvalue weighted by Crippen LogP contribution is 2.32. The summed E-state index contributed by atoms with van der Waals surface area (Å²) < 4.78 is 14.2. The lowest BCUT2D eigenvalue weighted by Crippen LogP contribution is -2.15. The third-order valence-corrected chi connectivity index (χ3v) is 4.08. The Labute approximate surface area is 122 Å².